The van der Waals surface area contributed by atoms with Crippen LogP contribution in [0.4, 0.5) is 0 Å². The number of hydrogen-bond acceptors (Lipinski definition) is 4. The minimum absolute atomic E-state index is 0.153. The molecule has 0 spiro atoms. The van der Waals surface area contributed by atoms with Crippen LogP contribution in [0.1, 0.15) is 32.9 Å². The third-order valence-corrected chi connectivity index (χ3v) is 5.31. The summed E-state index contributed by atoms with van der Waals surface area (Å²) in [6.07, 6.45) is 0. The zero-order chi connectivity index (χ0) is 20.4. The van der Waals surface area contributed by atoms with E-state index in [2.05, 4.69) is 10.4 Å². The predicted molar refractivity (Wildman–Crippen MR) is 111 cm³/mol. The molecule has 0 saturated heterocycles. The summed E-state index contributed by atoms with van der Waals surface area (Å²) < 4.78 is 12.9. The average Bonchev–Trinajstić information content (AvgIpc) is 3.01. The molecule has 0 radical (unpaired) electrons. The summed E-state index contributed by atoms with van der Waals surface area (Å²) in [6.45, 7) is 5.74. The van der Waals surface area contributed by atoms with Crippen LogP contribution in [0.3, 0.4) is 0 Å². The molecular formula is C22H22ClN3O3. The van der Waals surface area contributed by atoms with Gasteiger partial charge < -0.3 is 14.8 Å². The van der Waals surface area contributed by atoms with Crippen LogP contribution in [0.25, 0.3) is 0 Å². The van der Waals surface area contributed by atoms with Gasteiger partial charge in [0, 0.05) is 17.3 Å². The van der Waals surface area contributed by atoms with Crippen molar-refractivity contribution in [3.8, 4) is 11.5 Å². The number of hydrogen-bond donors (Lipinski definition) is 1. The maximum Gasteiger partial charge on any atom is 0.255 e. The third-order valence-electron chi connectivity index (χ3n) is 4.95. The number of fused-ring (bicyclic) bond motifs is 1. The SMILES string of the molecule is Cc1nn(Cc2ccccc2Cl)c(C)c1C(=O)NCc1ccc2c(c1)OCCO2. The molecule has 0 fully saturated rings. The zero-order valence-corrected chi connectivity index (χ0v) is 17.1. The number of amides is 1. The van der Waals surface area contributed by atoms with Crippen molar-refractivity contribution in [2.24, 2.45) is 0 Å². The molecule has 0 unspecified atom stereocenters. The Kier molecular flexibility index (Phi) is 5.45. The van der Waals surface area contributed by atoms with E-state index in [-0.39, 0.29) is 5.91 Å². The van der Waals surface area contributed by atoms with Gasteiger partial charge in [-0.3, -0.25) is 9.48 Å². The molecule has 0 saturated carbocycles. The van der Waals surface area contributed by atoms with E-state index < -0.39 is 0 Å². The van der Waals surface area contributed by atoms with Gasteiger partial charge in [-0.05, 0) is 43.2 Å². The largest absolute Gasteiger partial charge is 0.486 e. The second kappa shape index (κ2) is 8.17. The van der Waals surface area contributed by atoms with Crippen LogP contribution in [0, 0.1) is 13.8 Å². The van der Waals surface area contributed by atoms with Crippen molar-refractivity contribution in [1.29, 1.82) is 0 Å². The summed E-state index contributed by atoms with van der Waals surface area (Å²) in [5.74, 6) is 1.29. The maximum absolute atomic E-state index is 12.8. The van der Waals surface area contributed by atoms with E-state index in [4.69, 9.17) is 21.1 Å². The molecule has 7 heteroatoms. The van der Waals surface area contributed by atoms with Gasteiger partial charge in [0.2, 0.25) is 0 Å². The lowest BCUT2D eigenvalue weighted by molar-refractivity contribution is 0.0949. The molecule has 29 heavy (non-hydrogen) atoms. The van der Waals surface area contributed by atoms with Crippen LogP contribution in [-0.4, -0.2) is 28.9 Å². The molecule has 0 atom stereocenters. The molecule has 1 aromatic heterocycles. The number of carbonyl (C=O) groups excluding carboxylic acids is 1. The fourth-order valence-corrected chi connectivity index (χ4v) is 3.63. The lowest BCUT2D eigenvalue weighted by Crippen LogP contribution is -2.24. The Morgan fingerprint density at radius 1 is 1.14 bits per heavy atom. The topological polar surface area (TPSA) is 65.4 Å². The molecule has 1 N–H and O–H groups in total. The molecule has 3 aromatic rings. The van der Waals surface area contributed by atoms with Crippen LogP contribution in [0.5, 0.6) is 11.5 Å². The number of carbonyl (C=O) groups is 1. The van der Waals surface area contributed by atoms with Gasteiger partial charge in [-0.2, -0.15) is 5.10 Å². The van der Waals surface area contributed by atoms with Gasteiger partial charge in [-0.15, -0.1) is 0 Å². The minimum Gasteiger partial charge on any atom is -0.486 e. The number of aromatic nitrogens is 2. The Morgan fingerprint density at radius 3 is 2.69 bits per heavy atom. The second-order valence-electron chi connectivity index (χ2n) is 6.96. The van der Waals surface area contributed by atoms with Crippen LogP contribution in [-0.2, 0) is 13.1 Å². The molecule has 1 aliphatic heterocycles. The van der Waals surface area contributed by atoms with Crippen molar-refractivity contribution in [1.82, 2.24) is 15.1 Å². The van der Waals surface area contributed by atoms with E-state index in [1.807, 2.05) is 61.0 Å². The van der Waals surface area contributed by atoms with E-state index >= 15 is 0 Å². The van der Waals surface area contributed by atoms with Gasteiger partial charge in [-0.25, -0.2) is 0 Å². The first-order chi connectivity index (χ1) is 14.0. The average molecular weight is 412 g/mol. The number of nitrogens with zero attached hydrogens (tertiary/aromatic N) is 2. The Morgan fingerprint density at radius 2 is 1.90 bits per heavy atom. The van der Waals surface area contributed by atoms with Crippen LogP contribution >= 0.6 is 11.6 Å². The molecule has 0 aliphatic carbocycles. The van der Waals surface area contributed by atoms with Gasteiger partial charge >= 0.3 is 0 Å². The summed E-state index contributed by atoms with van der Waals surface area (Å²) in [7, 11) is 0. The highest BCUT2D eigenvalue weighted by atomic mass is 35.5. The molecule has 2 aromatic carbocycles. The fourth-order valence-electron chi connectivity index (χ4n) is 3.44. The number of aryl methyl sites for hydroxylation is 1. The van der Waals surface area contributed by atoms with Crippen molar-refractivity contribution in [3.63, 3.8) is 0 Å². The monoisotopic (exact) mass is 411 g/mol. The number of ether oxygens (including phenoxy) is 2. The van der Waals surface area contributed by atoms with Crippen molar-refractivity contribution >= 4 is 17.5 Å². The van der Waals surface area contributed by atoms with Crippen molar-refractivity contribution in [3.05, 3.63) is 75.6 Å². The molecule has 1 aliphatic rings. The molecule has 1 amide bonds. The first kappa shape index (κ1) is 19.3. The Bertz CT molecular complexity index is 1060. The molecule has 2 heterocycles. The summed E-state index contributed by atoms with van der Waals surface area (Å²) in [6, 6.07) is 13.3. The highest BCUT2D eigenvalue weighted by molar-refractivity contribution is 6.31. The highest BCUT2D eigenvalue weighted by Gasteiger charge is 2.19. The van der Waals surface area contributed by atoms with Crippen LogP contribution < -0.4 is 14.8 Å². The van der Waals surface area contributed by atoms with Gasteiger partial charge in [-0.1, -0.05) is 35.9 Å². The maximum atomic E-state index is 12.8. The van der Waals surface area contributed by atoms with Crippen molar-refractivity contribution in [2.45, 2.75) is 26.9 Å². The normalized spacial score (nSPS) is 12.7. The van der Waals surface area contributed by atoms with Gasteiger partial charge in [0.05, 0.1) is 17.8 Å². The summed E-state index contributed by atoms with van der Waals surface area (Å²) in [4.78, 5) is 12.8. The minimum atomic E-state index is -0.153. The van der Waals surface area contributed by atoms with Gasteiger partial charge in [0.15, 0.2) is 11.5 Å². The number of rotatable bonds is 5. The molecule has 0 bridgehead atoms. The van der Waals surface area contributed by atoms with Crippen LogP contribution in [0.2, 0.25) is 5.02 Å². The van der Waals surface area contributed by atoms with Gasteiger partial charge in [0.1, 0.15) is 13.2 Å². The zero-order valence-electron chi connectivity index (χ0n) is 16.4. The Labute approximate surface area is 174 Å². The first-order valence-corrected chi connectivity index (χ1v) is 9.85. The molecular weight excluding hydrogens is 390 g/mol. The molecule has 4 rings (SSSR count). The first-order valence-electron chi connectivity index (χ1n) is 9.47. The quantitative estimate of drug-likeness (QED) is 0.691. The number of benzene rings is 2. The summed E-state index contributed by atoms with van der Waals surface area (Å²) in [5.41, 5.74) is 4.00. The van der Waals surface area contributed by atoms with E-state index in [9.17, 15) is 4.79 Å². The number of nitrogens with one attached hydrogen (secondary N) is 1. The van der Waals surface area contributed by atoms with E-state index in [1.165, 1.54) is 0 Å². The van der Waals surface area contributed by atoms with Crippen molar-refractivity contribution in [2.75, 3.05) is 13.2 Å². The second-order valence-corrected chi connectivity index (χ2v) is 7.36. The lowest BCUT2D eigenvalue weighted by atomic mass is 10.1. The summed E-state index contributed by atoms with van der Waals surface area (Å²) >= 11 is 6.26. The Balaban J connectivity index is 1.47. The van der Waals surface area contributed by atoms with Gasteiger partial charge in [0.25, 0.3) is 5.91 Å². The van der Waals surface area contributed by atoms with Crippen molar-refractivity contribution < 1.29 is 14.3 Å². The predicted octanol–water partition coefficient (Wildman–Crippen LogP) is 3.90. The molecule has 150 valence electrons. The van der Waals surface area contributed by atoms with E-state index in [0.717, 1.165) is 22.6 Å². The Hall–Kier alpha value is -2.99. The highest BCUT2D eigenvalue weighted by Crippen LogP contribution is 2.30. The molecule has 6 nitrogen and oxygen atoms in total. The third kappa shape index (κ3) is 4.07. The number of halogens is 1. The fraction of sp³-hybridized carbons (Fsp3) is 0.273. The standard InChI is InChI=1S/C22H22ClN3O3/c1-14-21(15(2)26(25-14)13-17-5-3-4-6-18(17)23)22(27)24-12-16-7-8-19-20(11-16)29-10-9-28-19/h3-8,11H,9-10,12-13H2,1-2H3,(H,24,27). The summed E-state index contributed by atoms with van der Waals surface area (Å²) in [5, 5.41) is 8.20. The lowest BCUT2D eigenvalue weighted by Gasteiger charge is -2.19. The van der Waals surface area contributed by atoms with E-state index in [1.54, 1.807) is 0 Å². The van der Waals surface area contributed by atoms with E-state index in [0.29, 0.717) is 48.3 Å². The smallest absolute Gasteiger partial charge is 0.255 e. The van der Waals surface area contributed by atoms with Crippen LogP contribution in [0.15, 0.2) is 42.5 Å².